The van der Waals surface area contributed by atoms with Gasteiger partial charge < -0.3 is 20.2 Å². The van der Waals surface area contributed by atoms with Crippen molar-refractivity contribution in [1.82, 2.24) is 10.6 Å². The van der Waals surface area contributed by atoms with Gasteiger partial charge in [0.05, 0.1) is 6.54 Å². The normalized spacial score (nSPS) is 14.3. The minimum atomic E-state index is -1.42. The van der Waals surface area contributed by atoms with E-state index in [4.69, 9.17) is 4.42 Å². The Balaban J connectivity index is 2.03. The van der Waals surface area contributed by atoms with E-state index < -0.39 is 23.0 Å². The van der Waals surface area contributed by atoms with E-state index in [1.807, 2.05) is 18.2 Å². The third kappa shape index (κ3) is 4.32. The highest BCUT2D eigenvalue weighted by Gasteiger charge is 2.29. The van der Waals surface area contributed by atoms with Gasteiger partial charge in [-0.1, -0.05) is 18.2 Å². The number of hydrogen-bond donors (Lipinski definition) is 3. The molecule has 0 spiro atoms. The Bertz CT molecular complexity index is 693. The van der Waals surface area contributed by atoms with Crippen LogP contribution in [0.15, 0.2) is 34.7 Å². The molecule has 2 aromatic rings. The van der Waals surface area contributed by atoms with Crippen LogP contribution in [0.1, 0.15) is 33.5 Å². The highest BCUT2D eigenvalue weighted by molar-refractivity contribution is 6.35. The topological polar surface area (TPSA) is 91.6 Å². The molecule has 0 radical (unpaired) electrons. The van der Waals surface area contributed by atoms with Crippen LogP contribution in [0, 0.1) is 0 Å². The summed E-state index contributed by atoms with van der Waals surface area (Å²) in [6, 6.07) is 9.09. The van der Waals surface area contributed by atoms with Crippen LogP contribution in [0.2, 0.25) is 0 Å². The van der Waals surface area contributed by atoms with Crippen molar-refractivity contribution >= 4 is 22.8 Å². The zero-order valence-corrected chi connectivity index (χ0v) is 13.8. The van der Waals surface area contributed by atoms with Crippen LogP contribution >= 0.6 is 0 Å². The second-order valence-electron chi connectivity index (χ2n) is 6.81. The Hall–Kier alpha value is -2.34. The van der Waals surface area contributed by atoms with Gasteiger partial charge in [-0.05, 0) is 39.8 Å². The van der Waals surface area contributed by atoms with Crippen LogP contribution < -0.4 is 10.6 Å². The summed E-state index contributed by atoms with van der Waals surface area (Å²) >= 11 is 0. The molecule has 1 unspecified atom stereocenters. The van der Waals surface area contributed by atoms with E-state index >= 15 is 0 Å². The first kappa shape index (κ1) is 17.0. The Kier molecular flexibility index (Phi) is 4.47. The first-order chi connectivity index (χ1) is 10.6. The highest BCUT2D eigenvalue weighted by atomic mass is 16.4. The van der Waals surface area contributed by atoms with Crippen molar-refractivity contribution in [3.63, 3.8) is 0 Å². The third-order valence-electron chi connectivity index (χ3n) is 3.24. The van der Waals surface area contributed by atoms with Crippen LogP contribution in [0.5, 0.6) is 0 Å². The molecule has 0 saturated heterocycles. The van der Waals surface area contributed by atoms with E-state index in [0.29, 0.717) is 11.3 Å². The second kappa shape index (κ2) is 6.04. The molecule has 0 saturated carbocycles. The van der Waals surface area contributed by atoms with Gasteiger partial charge >= 0.3 is 11.8 Å². The molecule has 2 amide bonds. The molecule has 6 nitrogen and oxygen atoms in total. The van der Waals surface area contributed by atoms with Crippen LogP contribution in [0.4, 0.5) is 0 Å². The monoisotopic (exact) mass is 318 g/mol. The molecule has 23 heavy (non-hydrogen) atoms. The molecule has 124 valence electrons. The molecule has 0 aliphatic carbocycles. The summed E-state index contributed by atoms with van der Waals surface area (Å²) in [6.07, 6.45) is 0. The van der Waals surface area contributed by atoms with Gasteiger partial charge in [0.25, 0.3) is 0 Å². The first-order valence-electron chi connectivity index (χ1n) is 7.40. The Morgan fingerprint density at radius 3 is 2.39 bits per heavy atom. The minimum Gasteiger partial charge on any atom is -0.458 e. The third-order valence-corrected chi connectivity index (χ3v) is 3.24. The van der Waals surface area contributed by atoms with Gasteiger partial charge in [0.1, 0.15) is 16.9 Å². The standard InChI is InChI=1S/C17H22N2O4/c1-16(2,3)19-15(21)14(20)18-10-17(4,22)13-9-11-7-5-6-8-12(11)23-13/h5-9,22H,10H2,1-4H3,(H,18,20)(H,19,21). The molecule has 6 heteroatoms. The van der Waals surface area contributed by atoms with Crippen molar-refractivity contribution in [1.29, 1.82) is 0 Å². The fourth-order valence-corrected chi connectivity index (χ4v) is 2.06. The maximum atomic E-state index is 11.8. The zero-order valence-electron chi connectivity index (χ0n) is 13.8. The summed E-state index contributed by atoms with van der Waals surface area (Å²) in [5, 5.41) is 16.4. The molecule has 1 aromatic heterocycles. The molecule has 1 heterocycles. The summed E-state index contributed by atoms with van der Waals surface area (Å²) in [6.45, 7) is 6.73. The molecular weight excluding hydrogens is 296 g/mol. The number of aliphatic hydroxyl groups is 1. The number of carbonyl (C=O) groups is 2. The number of para-hydroxylation sites is 1. The lowest BCUT2D eigenvalue weighted by molar-refractivity contribution is -0.140. The predicted octanol–water partition coefficient (Wildman–Crippen LogP) is 1.67. The van der Waals surface area contributed by atoms with E-state index in [0.717, 1.165) is 5.39 Å². The molecule has 2 rings (SSSR count). The number of amides is 2. The van der Waals surface area contributed by atoms with Crippen LogP contribution in [0.25, 0.3) is 11.0 Å². The van der Waals surface area contributed by atoms with E-state index in [-0.39, 0.29) is 6.54 Å². The van der Waals surface area contributed by atoms with Gasteiger partial charge in [0, 0.05) is 10.9 Å². The molecule has 0 aliphatic rings. The quantitative estimate of drug-likeness (QED) is 0.751. The molecule has 0 aliphatic heterocycles. The van der Waals surface area contributed by atoms with Crippen LogP contribution in [-0.4, -0.2) is 29.0 Å². The van der Waals surface area contributed by atoms with E-state index in [2.05, 4.69) is 10.6 Å². The van der Waals surface area contributed by atoms with Crippen LogP contribution in [0.3, 0.4) is 0 Å². The maximum Gasteiger partial charge on any atom is 0.309 e. The van der Waals surface area contributed by atoms with E-state index in [1.165, 1.54) is 6.92 Å². The van der Waals surface area contributed by atoms with Gasteiger partial charge in [-0.2, -0.15) is 0 Å². The maximum absolute atomic E-state index is 11.8. The number of hydrogen-bond acceptors (Lipinski definition) is 4. The molecule has 3 N–H and O–H groups in total. The van der Waals surface area contributed by atoms with E-state index in [1.54, 1.807) is 32.9 Å². The SMILES string of the molecule is CC(C)(C)NC(=O)C(=O)NCC(C)(O)c1cc2ccccc2o1. The Morgan fingerprint density at radius 1 is 1.13 bits per heavy atom. The van der Waals surface area contributed by atoms with Crippen molar-refractivity contribution in [2.75, 3.05) is 6.54 Å². The summed E-state index contributed by atoms with van der Waals surface area (Å²) < 4.78 is 5.60. The number of carbonyl (C=O) groups excluding carboxylic acids is 2. The minimum absolute atomic E-state index is 0.136. The van der Waals surface area contributed by atoms with Crippen molar-refractivity contribution in [2.24, 2.45) is 0 Å². The zero-order chi connectivity index (χ0) is 17.3. The summed E-state index contributed by atoms with van der Waals surface area (Å²) in [5.41, 5.74) is -1.27. The van der Waals surface area contributed by atoms with Gasteiger partial charge in [0.15, 0.2) is 0 Å². The molecule has 1 atom stereocenters. The molecule has 1 aromatic carbocycles. The molecule has 0 fully saturated rings. The fraction of sp³-hybridized carbons (Fsp3) is 0.412. The van der Waals surface area contributed by atoms with Crippen molar-refractivity contribution in [3.8, 4) is 0 Å². The predicted molar refractivity (Wildman–Crippen MR) is 86.7 cm³/mol. The smallest absolute Gasteiger partial charge is 0.309 e. The van der Waals surface area contributed by atoms with Crippen molar-refractivity contribution < 1.29 is 19.1 Å². The lowest BCUT2D eigenvalue weighted by Gasteiger charge is -2.23. The summed E-state index contributed by atoms with van der Waals surface area (Å²) in [7, 11) is 0. The average molecular weight is 318 g/mol. The van der Waals surface area contributed by atoms with Gasteiger partial charge in [0.2, 0.25) is 0 Å². The lowest BCUT2D eigenvalue weighted by Crippen LogP contribution is -2.50. The molecule has 0 bridgehead atoms. The van der Waals surface area contributed by atoms with Crippen molar-refractivity contribution in [2.45, 2.75) is 38.8 Å². The second-order valence-corrected chi connectivity index (χ2v) is 6.81. The Morgan fingerprint density at radius 2 is 1.78 bits per heavy atom. The lowest BCUT2D eigenvalue weighted by atomic mass is 10.0. The van der Waals surface area contributed by atoms with Gasteiger partial charge in [-0.15, -0.1) is 0 Å². The van der Waals surface area contributed by atoms with Crippen LogP contribution in [-0.2, 0) is 15.2 Å². The van der Waals surface area contributed by atoms with E-state index in [9.17, 15) is 14.7 Å². The number of nitrogens with one attached hydrogen (secondary N) is 2. The highest BCUT2D eigenvalue weighted by Crippen LogP contribution is 2.27. The number of rotatable bonds is 3. The van der Waals surface area contributed by atoms with Crippen molar-refractivity contribution in [3.05, 3.63) is 36.1 Å². The number of furan rings is 1. The first-order valence-corrected chi connectivity index (χ1v) is 7.40. The van der Waals surface area contributed by atoms with Gasteiger partial charge in [-0.3, -0.25) is 9.59 Å². The largest absolute Gasteiger partial charge is 0.458 e. The Labute approximate surface area is 134 Å². The number of benzene rings is 1. The molecular formula is C17H22N2O4. The summed E-state index contributed by atoms with van der Waals surface area (Å²) in [5.74, 6) is -1.20. The average Bonchev–Trinajstić information content (AvgIpc) is 2.87. The fourth-order valence-electron chi connectivity index (χ4n) is 2.06. The number of fused-ring (bicyclic) bond motifs is 1. The summed E-state index contributed by atoms with van der Waals surface area (Å²) in [4.78, 5) is 23.5. The van der Waals surface area contributed by atoms with Gasteiger partial charge in [-0.25, -0.2) is 0 Å².